The number of rotatable bonds is 4. The summed E-state index contributed by atoms with van der Waals surface area (Å²) in [6, 6.07) is 0.241. The number of carbonyl (C=O) groups excluding carboxylic acids is 1. The molecule has 0 bridgehead atoms. The Morgan fingerprint density at radius 3 is 2.88 bits per heavy atom. The molecular formula is C10H16N4O2. The van der Waals surface area contributed by atoms with Gasteiger partial charge in [-0.25, -0.2) is 4.98 Å². The van der Waals surface area contributed by atoms with E-state index in [-0.39, 0.29) is 24.4 Å². The van der Waals surface area contributed by atoms with E-state index in [2.05, 4.69) is 15.2 Å². The summed E-state index contributed by atoms with van der Waals surface area (Å²) < 4.78 is 0. The molecule has 0 saturated heterocycles. The molecule has 2 N–H and O–H groups in total. The summed E-state index contributed by atoms with van der Waals surface area (Å²) >= 11 is 0. The van der Waals surface area contributed by atoms with E-state index in [9.17, 15) is 4.79 Å². The number of nitrogens with zero attached hydrogens (tertiary/aromatic N) is 3. The molecule has 0 unspecified atom stereocenters. The van der Waals surface area contributed by atoms with E-state index in [1.54, 1.807) is 4.90 Å². The van der Waals surface area contributed by atoms with E-state index in [0.29, 0.717) is 6.54 Å². The molecule has 6 heteroatoms. The average molecular weight is 224 g/mol. The molecule has 1 aromatic heterocycles. The third-order valence-corrected chi connectivity index (χ3v) is 2.98. The molecule has 1 amide bonds. The second-order valence-corrected chi connectivity index (χ2v) is 3.99. The second kappa shape index (κ2) is 5.07. The van der Waals surface area contributed by atoms with Crippen LogP contribution in [0.3, 0.4) is 0 Å². The lowest BCUT2D eigenvalue weighted by Gasteiger charge is -2.27. The third kappa shape index (κ3) is 2.21. The molecule has 0 spiro atoms. The molecule has 0 aliphatic heterocycles. The van der Waals surface area contributed by atoms with Crippen molar-refractivity contribution in [3.05, 3.63) is 12.2 Å². The normalized spacial score (nSPS) is 16.6. The fourth-order valence-electron chi connectivity index (χ4n) is 2.22. The summed E-state index contributed by atoms with van der Waals surface area (Å²) in [6.07, 6.45) is 5.64. The number of hydrogen-bond donors (Lipinski definition) is 2. The van der Waals surface area contributed by atoms with Gasteiger partial charge >= 0.3 is 0 Å². The fourth-order valence-corrected chi connectivity index (χ4v) is 2.22. The van der Waals surface area contributed by atoms with Crippen molar-refractivity contribution in [2.24, 2.45) is 0 Å². The summed E-state index contributed by atoms with van der Waals surface area (Å²) in [5.74, 6) is 0.0822. The van der Waals surface area contributed by atoms with Crippen molar-refractivity contribution in [1.82, 2.24) is 20.1 Å². The maximum Gasteiger partial charge on any atom is 0.291 e. The van der Waals surface area contributed by atoms with Gasteiger partial charge in [0.2, 0.25) is 5.82 Å². The summed E-state index contributed by atoms with van der Waals surface area (Å²) in [4.78, 5) is 17.6. The van der Waals surface area contributed by atoms with Crippen LogP contribution in [0.4, 0.5) is 0 Å². The Bertz CT molecular complexity index is 333. The molecule has 0 radical (unpaired) electrons. The van der Waals surface area contributed by atoms with E-state index < -0.39 is 0 Å². The van der Waals surface area contributed by atoms with Gasteiger partial charge in [-0.05, 0) is 12.8 Å². The number of aromatic nitrogens is 3. The van der Waals surface area contributed by atoms with Crippen molar-refractivity contribution in [3.8, 4) is 0 Å². The van der Waals surface area contributed by atoms with Crippen LogP contribution in [-0.4, -0.2) is 50.3 Å². The lowest BCUT2D eigenvalue weighted by molar-refractivity contribution is 0.0626. The Hall–Kier alpha value is -1.43. The van der Waals surface area contributed by atoms with Crippen LogP contribution in [0.15, 0.2) is 6.33 Å². The minimum atomic E-state index is -0.168. The van der Waals surface area contributed by atoms with Crippen molar-refractivity contribution in [3.63, 3.8) is 0 Å². The van der Waals surface area contributed by atoms with Gasteiger partial charge in [-0.15, -0.1) is 0 Å². The molecule has 1 fully saturated rings. The Morgan fingerprint density at radius 2 is 2.31 bits per heavy atom. The first-order chi connectivity index (χ1) is 7.83. The molecule has 1 aromatic rings. The van der Waals surface area contributed by atoms with Crippen LogP contribution < -0.4 is 0 Å². The Kier molecular flexibility index (Phi) is 3.51. The van der Waals surface area contributed by atoms with Crippen molar-refractivity contribution in [2.45, 2.75) is 31.7 Å². The third-order valence-electron chi connectivity index (χ3n) is 2.98. The Balaban J connectivity index is 2.09. The van der Waals surface area contributed by atoms with Crippen LogP contribution in [0.2, 0.25) is 0 Å². The summed E-state index contributed by atoms with van der Waals surface area (Å²) in [6.45, 7) is 0.348. The fraction of sp³-hybridized carbons (Fsp3) is 0.700. The number of H-pyrrole nitrogens is 1. The van der Waals surface area contributed by atoms with Gasteiger partial charge in [-0.3, -0.25) is 9.89 Å². The van der Waals surface area contributed by atoms with Gasteiger partial charge in [-0.1, -0.05) is 12.8 Å². The highest BCUT2D eigenvalue weighted by Crippen LogP contribution is 2.24. The molecule has 0 atom stereocenters. The van der Waals surface area contributed by atoms with Crippen LogP contribution in [0.1, 0.15) is 36.3 Å². The number of aliphatic hydroxyl groups excluding tert-OH is 1. The number of hydrogen-bond acceptors (Lipinski definition) is 4. The van der Waals surface area contributed by atoms with Crippen LogP contribution in [0.25, 0.3) is 0 Å². The molecule has 0 aromatic carbocycles. The highest BCUT2D eigenvalue weighted by molar-refractivity contribution is 5.90. The number of aliphatic hydroxyl groups is 1. The zero-order valence-corrected chi connectivity index (χ0v) is 9.09. The maximum atomic E-state index is 12.1. The Morgan fingerprint density at radius 1 is 1.56 bits per heavy atom. The van der Waals surface area contributed by atoms with E-state index >= 15 is 0 Å². The Labute approximate surface area is 93.7 Å². The van der Waals surface area contributed by atoms with Gasteiger partial charge in [0.1, 0.15) is 6.33 Å². The zero-order chi connectivity index (χ0) is 11.4. The predicted octanol–water partition coefficient (Wildman–Crippen LogP) is 0.182. The van der Waals surface area contributed by atoms with Crippen LogP contribution in [-0.2, 0) is 0 Å². The minimum absolute atomic E-state index is 0.0175. The molecule has 2 rings (SSSR count). The number of carbonyl (C=O) groups is 1. The first-order valence-electron chi connectivity index (χ1n) is 5.60. The SMILES string of the molecule is O=C(c1ncn[nH]1)N(CCO)C1CCCC1. The molecule has 1 aliphatic carbocycles. The quantitative estimate of drug-likeness (QED) is 0.764. The summed E-state index contributed by atoms with van der Waals surface area (Å²) in [7, 11) is 0. The minimum Gasteiger partial charge on any atom is -0.395 e. The standard InChI is InChI=1S/C10H16N4O2/c15-6-5-14(8-3-1-2-4-8)10(16)9-11-7-12-13-9/h7-8,15H,1-6H2,(H,11,12,13). The highest BCUT2D eigenvalue weighted by atomic mass is 16.3. The van der Waals surface area contributed by atoms with Crippen molar-refractivity contribution in [2.75, 3.05) is 13.2 Å². The summed E-state index contributed by atoms with van der Waals surface area (Å²) in [5, 5.41) is 15.2. The molecule has 1 saturated carbocycles. The van der Waals surface area contributed by atoms with Gasteiger partial charge in [0.25, 0.3) is 5.91 Å². The molecule has 6 nitrogen and oxygen atoms in total. The monoisotopic (exact) mass is 224 g/mol. The van der Waals surface area contributed by atoms with Crippen LogP contribution in [0, 0.1) is 0 Å². The topological polar surface area (TPSA) is 82.1 Å². The highest BCUT2D eigenvalue weighted by Gasteiger charge is 2.28. The molecule has 88 valence electrons. The first kappa shape index (κ1) is 11.1. The first-order valence-corrected chi connectivity index (χ1v) is 5.60. The van der Waals surface area contributed by atoms with Gasteiger partial charge < -0.3 is 10.0 Å². The number of amides is 1. The van der Waals surface area contributed by atoms with E-state index in [1.165, 1.54) is 6.33 Å². The lowest BCUT2D eigenvalue weighted by atomic mass is 10.2. The molecule has 16 heavy (non-hydrogen) atoms. The number of aromatic amines is 1. The van der Waals surface area contributed by atoms with Crippen molar-refractivity contribution < 1.29 is 9.90 Å². The smallest absolute Gasteiger partial charge is 0.291 e. The van der Waals surface area contributed by atoms with E-state index in [4.69, 9.17) is 5.11 Å². The molecule has 1 aliphatic rings. The predicted molar refractivity (Wildman–Crippen MR) is 56.8 cm³/mol. The van der Waals surface area contributed by atoms with E-state index in [1.807, 2.05) is 0 Å². The second-order valence-electron chi connectivity index (χ2n) is 3.99. The zero-order valence-electron chi connectivity index (χ0n) is 9.09. The van der Waals surface area contributed by atoms with Crippen molar-refractivity contribution >= 4 is 5.91 Å². The van der Waals surface area contributed by atoms with Gasteiger partial charge in [0, 0.05) is 12.6 Å². The molecule has 1 heterocycles. The van der Waals surface area contributed by atoms with Crippen molar-refractivity contribution in [1.29, 1.82) is 0 Å². The average Bonchev–Trinajstić information content (AvgIpc) is 2.96. The largest absolute Gasteiger partial charge is 0.395 e. The number of nitrogens with one attached hydrogen (secondary N) is 1. The maximum absolute atomic E-state index is 12.1. The van der Waals surface area contributed by atoms with Gasteiger partial charge in [-0.2, -0.15) is 5.10 Å². The summed E-state index contributed by atoms with van der Waals surface area (Å²) in [5.41, 5.74) is 0. The van der Waals surface area contributed by atoms with Gasteiger partial charge in [0.05, 0.1) is 6.61 Å². The van der Waals surface area contributed by atoms with Crippen LogP contribution in [0.5, 0.6) is 0 Å². The van der Waals surface area contributed by atoms with Crippen LogP contribution >= 0.6 is 0 Å². The lowest BCUT2D eigenvalue weighted by Crippen LogP contribution is -2.41. The van der Waals surface area contributed by atoms with Gasteiger partial charge in [0.15, 0.2) is 0 Å². The van der Waals surface area contributed by atoms with E-state index in [0.717, 1.165) is 25.7 Å². The molecular weight excluding hydrogens is 208 g/mol.